The van der Waals surface area contributed by atoms with E-state index in [1.807, 2.05) is 48.5 Å². The van der Waals surface area contributed by atoms with Crippen molar-refractivity contribution >= 4 is 39.4 Å². The van der Waals surface area contributed by atoms with Crippen molar-refractivity contribution in [3.8, 4) is 0 Å². The number of hydrogen-bond acceptors (Lipinski definition) is 8. The summed E-state index contributed by atoms with van der Waals surface area (Å²) in [7, 11) is -3.67. The fourth-order valence-corrected chi connectivity index (χ4v) is 9.24. The van der Waals surface area contributed by atoms with E-state index >= 15 is 0 Å². The maximum absolute atomic E-state index is 14.5. The van der Waals surface area contributed by atoms with Gasteiger partial charge in [-0.25, -0.2) is 13.2 Å². The Bertz CT molecular complexity index is 1500. The van der Waals surface area contributed by atoms with Crippen LogP contribution >= 0.6 is 0 Å². The van der Waals surface area contributed by atoms with Gasteiger partial charge in [-0.1, -0.05) is 80.2 Å². The second-order valence-electron chi connectivity index (χ2n) is 16.3. The molecule has 2 fully saturated rings. The number of carbonyl (C=O) groups excluding carboxylic acids is 5. The number of sulfone groups is 1. The van der Waals surface area contributed by atoms with Crippen LogP contribution in [0.5, 0.6) is 0 Å². The number of amides is 5. The molecule has 0 radical (unpaired) electrons. The van der Waals surface area contributed by atoms with Gasteiger partial charge in [0.15, 0.2) is 9.84 Å². The number of carbonyl (C=O) groups is 5. The molecule has 1 saturated heterocycles. The standard InChI is InChI=1S/C37H59N5O8S/c1-9-15-27(29(43)32(45)38-20-10-2)39-31(44)28-26(35(3,4)5)17-21-42(28)33(46)30(36(6,7)8)40-34(47)41-37(18-12-11-13-19-37)24-51(48,49)23-25-16-14-22-50-25/h10,14,16,22,26-28,30H,2,9,11-13,15,17-21,23-24H2,1,3-8H3,(H,38,45)(H,39,44)(H2,40,41,47)/t26?,27?,28?,30-/m1/s1. The molecule has 286 valence electrons. The van der Waals surface area contributed by atoms with Crippen molar-refractivity contribution < 1.29 is 36.8 Å². The molecule has 1 aromatic rings. The fourth-order valence-electron chi connectivity index (χ4n) is 7.34. The average molecular weight is 734 g/mol. The van der Waals surface area contributed by atoms with E-state index < -0.39 is 73.9 Å². The van der Waals surface area contributed by atoms with Gasteiger partial charge in [0.05, 0.1) is 23.6 Å². The second-order valence-corrected chi connectivity index (χ2v) is 18.4. The molecule has 13 nitrogen and oxygen atoms in total. The number of nitrogens with zero attached hydrogens (tertiary/aromatic N) is 1. The summed E-state index contributed by atoms with van der Waals surface area (Å²) in [5, 5.41) is 11.1. The molecule has 0 spiro atoms. The third-order valence-corrected chi connectivity index (χ3v) is 11.6. The maximum Gasteiger partial charge on any atom is 0.315 e. The lowest BCUT2D eigenvalue weighted by molar-refractivity contribution is -0.145. The molecular formula is C37H59N5O8S. The van der Waals surface area contributed by atoms with Gasteiger partial charge in [0, 0.05) is 13.1 Å². The van der Waals surface area contributed by atoms with E-state index in [4.69, 9.17) is 4.42 Å². The zero-order chi connectivity index (χ0) is 38.2. The Hall–Kier alpha value is -3.68. The van der Waals surface area contributed by atoms with Crippen LogP contribution < -0.4 is 21.3 Å². The third kappa shape index (κ3) is 11.4. The second kappa shape index (κ2) is 17.2. The number of hydrogen-bond donors (Lipinski definition) is 4. The Morgan fingerprint density at radius 1 is 1.06 bits per heavy atom. The first kappa shape index (κ1) is 41.7. The van der Waals surface area contributed by atoms with E-state index in [1.54, 1.807) is 12.1 Å². The topological polar surface area (TPSA) is 184 Å². The maximum atomic E-state index is 14.5. The van der Waals surface area contributed by atoms with Crippen molar-refractivity contribution in [1.29, 1.82) is 0 Å². The van der Waals surface area contributed by atoms with Crippen molar-refractivity contribution in [2.75, 3.05) is 18.8 Å². The molecule has 1 aromatic heterocycles. The highest BCUT2D eigenvalue weighted by atomic mass is 32.2. The Balaban J connectivity index is 1.87. The Morgan fingerprint density at radius 3 is 2.27 bits per heavy atom. The van der Waals surface area contributed by atoms with Crippen LogP contribution in [0.3, 0.4) is 0 Å². The van der Waals surface area contributed by atoms with Gasteiger partial charge in [0.1, 0.15) is 23.6 Å². The van der Waals surface area contributed by atoms with Crippen LogP contribution in [-0.4, -0.2) is 85.4 Å². The van der Waals surface area contributed by atoms with E-state index in [-0.39, 0.29) is 36.9 Å². The molecule has 1 saturated carbocycles. The molecule has 14 heteroatoms. The molecule has 51 heavy (non-hydrogen) atoms. The van der Waals surface area contributed by atoms with Gasteiger partial charge >= 0.3 is 6.03 Å². The molecule has 0 bridgehead atoms. The largest absolute Gasteiger partial charge is 0.468 e. The zero-order valence-corrected chi connectivity index (χ0v) is 32.2. The first-order chi connectivity index (χ1) is 23.7. The van der Waals surface area contributed by atoms with Crippen molar-refractivity contribution in [1.82, 2.24) is 26.2 Å². The lowest BCUT2D eigenvalue weighted by Crippen LogP contribution is -2.63. The smallest absolute Gasteiger partial charge is 0.315 e. The van der Waals surface area contributed by atoms with E-state index in [0.29, 0.717) is 31.4 Å². The van der Waals surface area contributed by atoms with Gasteiger partial charge in [0.2, 0.25) is 17.6 Å². The molecule has 0 aromatic carbocycles. The molecule has 2 heterocycles. The number of Topliss-reactive ketones (excluding diaryl/α,β-unsaturated/α-hetero) is 1. The minimum Gasteiger partial charge on any atom is -0.468 e. The molecular weight excluding hydrogens is 675 g/mol. The molecule has 2 aliphatic rings. The van der Waals surface area contributed by atoms with Crippen molar-refractivity contribution in [2.45, 2.75) is 129 Å². The molecule has 1 aliphatic carbocycles. The summed E-state index contributed by atoms with van der Waals surface area (Å²) >= 11 is 0. The monoisotopic (exact) mass is 733 g/mol. The number of nitrogens with one attached hydrogen (secondary N) is 4. The summed E-state index contributed by atoms with van der Waals surface area (Å²) < 4.78 is 31.9. The molecule has 4 atom stereocenters. The van der Waals surface area contributed by atoms with Crippen LogP contribution in [0.15, 0.2) is 35.5 Å². The predicted molar refractivity (Wildman–Crippen MR) is 195 cm³/mol. The number of furan rings is 1. The molecule has 4 N–H and O–H groups in total. The van der Waals surface area contributed by atoms with E-state index in [0.717, 1.165) is 19.3 Å². The molecule has 5 amide bonds. The Labute approximate surface area is 303 Å². The number of rotatable bonds is 15. The van der Waals surface area contributed by atoms with Crippen molar-refractivity contribution in [3.05, 3.63) is 36.8 Å². The summed E-state index contributed by atoms with van der Waals surface area (Å²) in [6.07, 6.45) is 7.49. The van der Waals surface area contributed by atoms with Crippen LogP contribution in [0.4, 0.5) is 4.79 Å². The van der Waals surface area contributed by atoms with Crippen molar-refractivity contribution in [2.24, 2.45) is 16.7 Å². The highest BCUT2D eigenvalue weighted by Crippen LogP contribution is 2.40. The van der Waals surface area contributed by atoms with E-state index in [9.17, 15) is 32.4 Å². The normalized spacial score (nSPS) is 20.5. The summed E-state index contributed by atoms with van der Waals surface area (Å²) in [6.45, 7) is 17.1. The van der Waals surface area contributed by atoms with Crippen LogP contribution in [0.2, 0.25) is 0 Å². The van der Waals surface area contributed by atoms with Crippen LogP contribution in [0.25, 0.3) is 0 Å². The predicted octanol–water partition coefficient (Wildman–Crippen LogP) is 4.03. The summed E-state index contributed by atoms with van der Waals surface area (Å²) in [5.41, 5.74) is -2.23. The number of likely N-dealkylation sites (tertiary alicyclic amines) is 1. The lowest BCUT2D eigenvalue weighted by atomic mass is 9.75. The lowest BCUT2D eigenvalue weighted by Gasteiger charge is -2.40. The summed E-state index contributed by atoms with van der Waals surface area (Å²) in [6, 6.07) is -0.559. The third-order valence-electron chi connectivity index (χ3n) is 9.92. The van der Waals surface area contributed by atoms with Gasteiger partial charge in [-0.15, -0.1) is 6.58 Å². The minimum atomic E-state index is -3.67. The number of ketones is 1. The van der Waals surface area contributed by atoms with Gasteiger partial charge < -0.3 is 30.6 Å². The SMILES string of the molecule is C=CCNC(=O)C(=O)C(CCC)NC(=O)C1C(C(C)(C)C)CCN1C(=O)[C@@H](NC(=O)NC1(CS(=O)(=O)Cc2ccco2)CCCCC1)C(C)(C)C. The Kier molecular flexibility index (Phi) is 14.1. The number of urea groups is 1. The van der Waals surface area contributed by atoms with Crippen LogP contribution in [0, 0.1) is 16.7 Å². The van der Waals surface area contributed by atoms with E-state index in [1.165, 1.54) is 17.2 Å². The minimum absolute atomic E-state index is 0.102. The first-order valence-electron chi connectivity index (χ1n) is 18.1. The molecule has 3 rings (SSSR count). The summed E-state index contributed by atoms with van der Waals surface area (Å²) in [4.78, 5) is 69.5. The highest BCUT2D eigenvalue weighted by molar-refractivity contribution is 7.90. The van der Waals surface area contributed by atoms with Crippen LogP contribution in [0.1, 0.15) is 106 Å². The van der Waals surface area contributed by atoms with Crippen molar-refractivity contribution in [3.63, 3.8) is 0 Å². The quantitative estimate of drug-likeness (QED) is 0.154. The zero-order valence-electron chi connectivity index (χ0n) is 31.4. The van der Waals surface area contributed by atoms with Crippen LogP contribution in [-0.2, 0) is 34.8 Å². The average Bonchev–Trinajstić information content (AvgIpc) is 3.71. The Morgan fingerprint density at radius 2 is 1.73 bits per heavy atom. The molecule has 3 unspecified atom stereocenters. The van der Waals surface area contributed by atoms with Gasteiger partial charge in [-0.05, 0) is 54.6 Å². The van der Waals surface area contributed by atoms with Gasteiger partial charge in [0.25, 0.3) is 5.91 Å². The highest BCUT2D eigenvalue weighted by Gasteiger charge is 2.50. The van der Waals surface area contributed by atoms with Gasteiger partial charge in [-0.2, -0.15) is 0 Å². The summed E-state index contributed by atoms with van der Waals surface area (Å²) in [5.74, 6) is -3.12. The fraction of sp³-hybridized carbons (Fsp3) is 0.703. The first-order valence-corrected chi connectivity index (χ1v) is 19.9. The van der Waals surface area contributed by atoms with Gasteiger partial charge in [-0.3, -0.25) is 19.2 Å². The molecule has 1 aliphatic heterocycles. The van der Waals surface area contributed by atoms with E-state index in [2.05, 4.69) is 27.8 Å².